The highest BCUT2D eigenvalue weighted by molar-refractivity contribution is 5.92. The summed E-state index contributed by atoms with van der Waals surface area (Å²) in [6, 6.07) is 6.32. The van der Waals surface area contributed by atoms with Crippen LogP contribution < -0.4 is 0 Å². The first kappa shape index (κ1) is 13.0. The summed E-state index contributed by atoms with van der Waals surface area (Å²) in [5, 5.41) is 8.74. The Balaban J connectivity index is 2.86. The Morgan fingerprint density at radius 3 is 2.24 bits per heavy atom. The number of carboxylic acid groups (broad SMARTS) is 1. The van der Waals surface area contributed by atoms with E-state index >= 15 is 0 Å². The number of carboxylic acids is 1. The predicted octanol–water partition coefficient (Wildman–Crippen LogP) is 2.35. The Labute approximate surface area is 99.5 Å². The lowest BCUT2D eigenvalue weighted by molar-refractivity contribution is -0.137. The summed E-state index contributed by atoms with van der Waals surface area (Å²) < 4.78 is 4.79. The third-order valence-electron chi connectivity index (χ3n) is 2.21. The van der Waals surface area contributed by atoms with Gasteiger partial charge in [-0.3, -0.25) is 0 Å². The highest BCUT2D eigenvalue weighted by atomic mass is 16.5. The van der Waals surface area contributed by atoms with E-state index in [4.69, 9.17) is 9.84 Å². The van der Waals surface area contributed by atoms with Crippen LogP contribution in [0.5, 0.6) is 0 Å². The molecule has 4 nitrogen and oxygen atoms in total. The molecule has 0 bridgehead atoms. The molecule has 90 valence electrons. The zero-order valence-corrected chi connectivity index (χ0v) is 9.77. The number of allylic oxidation sites excluding steroid dienone is 1. The van der Waals surface area contributed by atoms with E-state index in [0.717, 1.165) is 11.1 Å². The van der Waals surface area contributed by atoms with Gasteiger partial charge in [-0.25, -0.2) is 9.59 Å². The Bertz CT molecular complexity index is 443. The number of benzene rings is 1. The van der Waals surface area contributed by atoms with Gasteiger partial charge in [-0.1, -0.05) is 12.1 Å². The molecule has 1 N–H and O–H groups in total. The normalized spacial score (nSPS) is 11.1. The van der Waals surface area contributed by atoms with Crippen molar-refractivity contribution in [3.8, 4) is 0 Å². The minimum atomic E-state index is -0.969. The van der Waals surface area contributed by atoms with Crippen LogP contribution in [0.4, 0.5) is 0 Å². The Morgan fingerprint density at radius 1 is 1.24 bits per heavy atom. The molecule has 0 aliphatic carbocycles. The number of hydrogen-bond acceptors (Lipinski definition) is 3. The van der Waals surface area contributed by atoms with Gasteiger partial charge in [-0.15, -0.1) is 0 Å². The molecule has 0 saturated heterocycles. The lowest BCUT2D eigenvalue weighted by atomic mass is 10.1. The fraction of sp³-hybridized carbons (Fsp3) is 0.231. The minimum Gasteiger partial charge on any atom is -0.478 e. The molecular formula is C13H14O4. The van der Waals surface area contributed by atoms with Gasteiger partial charge in [0, 0.05) is 6.08 Å². The topological polar surface area (TPSA) is 63.6 Å². The van der Waals surface area contributed by atoms with Crippen molar-refractivity contribution in [3.63, 3.8) is 0 Å². The van der Waals surface area contributed by atoms with E-state index in [9.17, 15) is 9.59 Å². The van der Waals surface area contributed by atoms with E-state index in [1.165, 1.54) is 18.2 Å². The van der Waals surface area contributed by atoms with Gasteiger partial charge >= 0.3 is 11.9 Å². The maximum atomic E-state index is 11.2. The number of aromatic carboxylic acids is 1. The van der Waals surface area contributed by atoms with Crippen LogP contribution in [0.3, 0.4) is 0 Å². The molecular weight excluding hydrogens is 220 g/mol. The first-order chi connectivity index (χ1) is 8.04. The molecule has 0 spiro atoms. The summed E-state index contributed by atoms with van der Waals surface area (Å²) in [5.41, 5.74) is 1.75. The first-order valence-electron chi connectivity index (χ1n) is 5.23. The van der Waals surface area contributed by atoms with E-state index < -0.39 is 11.9 Å². The Hall–Kier alpha value is -2.10. The highest BCUT2D eigenvalue weighted by Gasteiger charge is 2.04. The van der Waals surface area contributed by atoms with Crippen molar-refractivity contribution in [1.29, 1.82) is 0 Å². The lowest BCUT2D eigenvalue weighted by Gasteiger charge is -2.02. The molecule has 0 unspecified atom stereocenters. The van der Waals surface area contributed by atoms with Gasteiger partial charge in [0.15, 0.2) is 0 Å². The smallest absolute Gasteiger partial charge is 0.335 e. The van der Waals surface area contributed by atoms with Gasteiger partial charge in [-0.05, 0) is 37.1 Å². The maximum absolute atomic E-state index is 11.2. The van der Waals surface area contributed by atoms with Crippen molar-refractivity contribution >= 4 is 17.5 Å². The van der Waals surface area contributed by atoms with Gasteiger partial charge in [0.05, 0.1) is 12.2 Å². The second-order valence-electron chi connectivity index (χ2n) is 3.46. The van der Waals surface area contributed by atoms with Crippen LogP contribution in [0.25, 0.3) is 5.57 Å². The highest BCUT2D eigenvalue weighted by Crippen LogP contribution is 2.14. The van der Waals surface area contributed by atoms with E-state index in [1.54, 1.807) is 26.0 Å². The van der Waals surface area contributed by atoms with Crippen LogP contribution in [-0.4, -0.2) is 23.7 Å². The molecule has 0 radical (unpaired) electrons. The maximum Gasteiger partial charge on any atom is 0.335 e. The average Bonchev–Trinajstić information content (AvgIpc) is 2.29. The summed E-state index contributed by atoms with van der Waals surface area (Å²) in [7, 11) is 0. The Morgan fingerprint density at radius 2 is 1.76 bits per heavy atom. The number of hydrogen-bond donors (Lipinski definition) is 1. The van der Waals surface area contributed by atoms with Gasteiger partial charge < -0.3 is 9.84 Å². The van der Waals surface area contributed by atoms with Crippen LogP contribution >= 0.6 is 0 Å². The van der Waals surface area contributed by atoms with Crippen LogP contribution in [0.1, 0.15) is 29.8 Å². The standard InChI is InChI=1S/C13H14O4/c1-3-17-12(14)8-9(2)10-4-6-11(7-5-10)13(15)16/h4-8H,3H2,1-2H3,(H,15,16). The second kappa shape index (κ2) is 5.84. The number of carbonyl (C=O) groups is 2. The van der Waals surface area contributed by atoms with E-state index in [-0.39, 0.29) is 5.56 Å². The van der Waals surface area contributed by atoms with E-state index in [2.05, 4.69) is 0 Å². The molecule has 17 heavy (non-hydrogen) atoms. The molecule has 0 heterocycles. The number of rotatable bonds is 4. The first-order valence-corrected chi connectivity index (χ1v) is 5.23. The Kier molecular flexibility index (Phi) is 4.46. The molecule has 1 aromatic rings. The second-order valence-corrected chi connectivity index (χ2v) is 3.46. The van der Waals surface area contributed by atoms with Crippen molar-refractivity contribution in [2.75, 3.05) is 6.61 Å². The number of ether oxygens (including phenoxy) is 1. The summed E-state index contributed by atoms with van der Waals surface area (Å²) in [4.78, 5) is 21.9. The molecule has 0 amide bonds. The molecule has 4 heteroatoms. The molecule has 0 aliphatic heterocycles. The summed E-state index contributed by atoms with van der Waals surface area (Å²) >= 11 is 0. The van der Waals surface area contributed by atoms with Gasteiger partial charge in [0.2, 0.25) is 0 Å². The number of esters is 1. The van der Waals surface area contributed by atoms with Gasteiger partial charge in [0.1, 0.15) is 0 Å². The minimum absolute atomic E-state index is 0.220. The monoisotopic (exact) mass is 234 g/mol. The van der Waals surface area contributed by atoms with Crippen molar-refractivity contribution < 1.29 is 19.4 Å². The van der Waals surface area contributed by atoms with Crippen LogP contribution in [-0.2, 0) is 9.53 Å². The lowest BCUT2D eigenvalue weighted by Crippen LogP contribution is -2.00. The zero-order chi connectivity index (χ0) is 12.8. The third-order valence-corrected chi connectivity index (χ3v) is 2.21. The zero-order valence-electron chi connectivity index (χ0n) is 9.77. The molecule has 1 aromatic carbocycles. The molecule has 0 atom stereocenters. The largest absolute Gasteiger partial charge is 0.478 e. The number of carbonyl (C=O) groups excluding carboxylic acids is 1. The van der Waals surface area contributed by atoms with Crippen LogP contribution in [0.2, 0.25) is 0 Å². The molecule has 0 saturated carbocycles. The van der Waals surface area contributed by atoms with Crippen molar-refractivity contribution in [1.82, 2.24) is 0 Å². The molecule has 1 rings (SSSR count). The van der Waals surface area contributed by atoms with Crippen molar-refractivity contribution in [3.05, 3.63) is 41.5 Å². The van der Waals surface area contributed by atoms with Crippen LogP contribution in [0, 0.1) is 0 Å². The fourth-order valence-corrected chi connectivity index (χ4v) is 1.32. The summed E-state index contributed by atoms with van der Waals surface area (Å²) in [6.07, 6.45) is 1.39. The summed E-state index contributed by atoms with van der Waals surface area (Å²) in [5.74, 6) is -1.36. The molecule has 0 aromatic heterocycles. The van der Waals surface area contributed by atoms with Crippen molar-refractivity contribution in [2.45, 2.75) is 13.8 Å². The quantitative estimate of drug-likeness (QED) is 0.641. The van der Waals surface area contributed by atoms with E-state index in [1.807, 2.05) is 0 Å². The fourth-order valence-electron chi connectivity index (χ4n) is 1.32. The summed E-state index contributed by atoms with van der Waals surface area (Å²) in [6.45, 7) is 3.84. The predicted molar refractivity (Wildman–Crippen MR) is 63.7 cm³/mol. The van der Waals surface area contributed by atoms with E-state index in [0.29, 0.717) is 6.61 Å². The SMILES string of the molecule is CCOC(=O)C=C(C)c1ccc(C(=O)O)cc1. The third kappa shape index (κ3) is 3.75. The molecule has 0 fully saturated rings. The molecule has 0 aliphatic rings. The van der Waals surface area contributed by atoms with Crippen LogP contribution in [0.15, 0.2) is 30.3 Å². The average molecular weight is 234 g/mol. The van der Waals surface area contributed by atoms with Crippen molar-refractivity contribution in [2.24, 2.45) is 0 Å². The van der Waals surface area contributed by atoms with Gasteiger partial charge in [-0.2, -0.15) is 0 Å². The van der Waals surface area contributed by atoms with Gasteiger partial charge in [0.25, 0.3) is 0 Å².